The average molecular weight is 485 g/mol. The Morgan fingerprint density at radius 2 is 1.23 bits per heavy atom. The monoisotopic (exact) mass is 484 g/mol. The molecule has 0 N–H and O–H groups in total. The fourth-order valence-electron chi connectivity index (χ4n) is 3.59. The minimum atomic E-state index is -0.320. The van der Waals surface area contributed by atoms with Crippen molar-refractivity contribution in [3.63, 3.8) is 0 Å². The van der Waals surface area contributed by atoms with Crippen molar-refractivity contribution in [2.45, 2.75) is 52.7 Å². The minimum absolute atomic E-state index is 0.303. The van der Waals surface area contributed by atoms with E-state index in [2.05, 4.69) is 84.0 Å². The van der Waals surface area contributed by atoms with Crippen LogP contribution in [0.1, 0.15) is 37.4 Å². The molecular formula is C24H25BO2S4. The summed E-state index contributed by atoms with van der Waals surface area (Å²) in [6, 6.07) is 15.7. The van der Waals surface area contributed by atoms with Gasteiger partial charge in [0.15, 0.2) is 0 Å². The summed E-state index contributed by atoms with van der Waals surface area (Å²) in [6.45, 7) is 12.8. The molecule has 5 heterocycles. The quantitative estimate of drug-likeness (QED) is 0.275. The van der Waals surface area contributed by atoms with Gasteiger partial charge >= 0.3 is 7.12 Å². The second-order valence-corrected chi connectivity index (χ2v) is 13.7. The molecule has 0 bridgehead atoms. The van der Waals surface area contributed by atoms with Crippen LogP contribution in [0.25, 0.3) is 29.9 Å². The Bertz CT molecular complexity index is 1170. The Morgan fingerprint density at radius 3 is 1.81 bits per heavy atom. The third-order valence-corrected chi connectivity index (χ3v) is 10.7. The fourth-order valence-corrected chi connectivity index (χ4v) is 7.75. The summed E-state index contributed by atoms with van der Waals surface area (Å²) in [6.07, 6.45) is 0. The normalized spacial score (nSPS) is 17.5. The Labute approximate surface area is 200 Å². The summed E-state index contributed by atoms with van der Waals surface area (Å²) >= 11 is 7.39. The highest BCUT2D eigenvalue weighted by Gasteiger charge is 2.52. The fraction of sp³-hybridized carbons (Fsp3) is 0.333. The molecule has 0 unspecified atom stereocenters. The van der Waals surface area contributed by atoms with Crippen molar-refractivity contribution >= 4 is 57.2 Å². The van der Waals surface area contributed by atoms with Gasteiger partial charge in [-0.2, -0.15) is 0 Å². The molecule has 0 atom stereocenters. The molecule has 0 radical (unpaired) electrons. The van der Waals surface area contributed by atoms with E-state index in [1.807, 2.05) is 34.0 Å². The zero-order chi connectivity index (χ0) is 22.0. The molecule has 0 saturated carbocycles. The highest BCUT2D eigenvalue weighted by Crippen LogP contribution is 2.47. The molecule has 160 valence electrons. The van der Waals surface area contributed by atoms with Crippen LogP contribution in [0.4, 0.5) is 0 Å². The van der Waals surface area contributed by atoms with Gasteiger partial charge in [0.25, 0.3) is 0 Å². The molecule has 0 amide bonds. The molecule has 4 aromatic heterocycles. The lowest BCUT2D eigenvalue weighted by molar-refractivity contribution is 0.00578. The number of rotatable bonds is 4. The van der Waals surface area contributed by atoms with Crippen LogP contribution < -0.4 is 4.78 Å². The van der Waals surface area contributed by atoms with Gasteiger partial charge in [0.2, 0.25) is 0 Å². The Morgan fingerprint density at radius 1 is 0.645 bits per heavy atom. The Balaban J connectivity index is 1.53. The first-order valence-corrected chi connectivity index (χ1v) is 13.6. The predicted octanol–water partition coefficient (Wildman–Crippen LogP) is 7.85. The van der Waals surface area contributed by atoms with Gasteiger partial charge in [-0.3, -0.25) is 0 Å². The molecule has 2 nitrogen and oxygen atoms in total. The third-order valence-electron chi connectivity index (χ3n) is 6.06. The first kappa shape index (κ1) is 21.6. The zero-order valence-corrected chi connectivity index (χ0v) is 21.8. The minimum Gasteiger partial charge on any atom is -0.399 e. The third kappa shape index (κ3) is 3.90. The summed E-state index contributed by atoms with van der Waals surface area (Å²) in [5, 5.41) is 0. The number of hydrogen-bond acceptors (Lipinski definition) is 6. The lowest BCUT2D eigenvalue weighted by atomic mass is 9.88. The topological polar surface area (TPSA) is 18.5 Å². The molecule has 4 aromatic rings. The SMILES string of the molecule is Cc1ccc(-c2cc(-c3ccc(B4OC(C)(C)C(C)(C)O4)s3)sc2-c2ccc(C)s2)s1. The van der Waals surface area contributed by atoms with E-state index in [4.69, 9.17) is 9.31 Å². The van der Waals surface area contributed by atoms with Gasteiger partial charge in [-0.1, -0.05) is 6.07 Å². The van der Waals surface area contributed by atoms with Crippen LogP contribution in [0.3, 0.4) is 0 Å². The largest absolute Gasteiger partial charge is 0.505 e. The van der Waals surface area contributed by atoms with Crippen molar-refractivity contribution in [1.82, 2.24) is 0 Å². The van der Waals surface area contributed by atoms with Crippen molar-refractivity contribution in [2.75, 3.05) is 0 Å². The summed E-state index contributed by atoms with van der Waals surface area (Å²) in [5.74, 6) is 0. The molecule has 0 spiro atoms. The van der Waals surface area contributed by atoms with Gasteiger partial charge in [-0.25, -0.2) is 0 Å². The molecular weight excluding hydrogens is 459 g/mol. The molecule has 31 heavy (non-hydrogen) atoms. The van der Waals surface area contributed by atoms with E-state index in [1.54, 1.807) is 11.3 Å². The standard InChI is InChI=1S/C24H25BO2S4/c1-14-7-9-17(28-14)16-13-20(31-22(16)19-10-8-15(2)29-19)18-11-12-21(30-18)25-26-23(3,4)24(5,6)27-25/h7-13H,1-6H3. The summed E-state index contributed by atoms with van der Waals surface area (Å²) < 4.78 is 13.7. The van der Waals surface area contributed by atoms with Crippen LogP contribution in [-0.4, -0.2) is 18.3 Å². The van der Waals surface area contributed by atoms with E-state index in [9.17, 15) is 0 Å². The van der Waals surface area contributed by atoms with E-state index < -0.39 is 0 Å². The number of aryl methyl sites for hydroxylation is 2. The predicted molar refractivity (Wildman–Crippen MR) is 139 cm³/mol. The van der Waals surface area contributed by atoms with Gasteiger partial charge in [-0.15, -0.1) is 45.3 Å². The number of hydrogen-bond donors (Lipinski definition) is 0. The van der Waals surface area contributed by atoms with Gasteiger partial charge in [0, 0.05) is 39.6 Å². The summed E-state index contributed by atoms with van der Waals surface area (Å²) in [7, 11) is -0.303. The van der Waals surface area contributed by atoms with Crippen LogP contribution in [0, 0.1) is 13.8 Å². The second-order valence-electron chi connectivity index (χ2n) is 8.96. The average Bonchev–Trinajstić information content (AvgIpc) is 3.47. The van der Waals surface area contributed by atoms with E-state index in [1.165, 1.54) is 39.7 Å². The van der Waals surface area contributed by atoms with E-state index >= 15 is 0 Å². The van der Waals surface area contributed by atoms with Crippen molar-refractivity contribution < 1.29 is 9.31 Å². The van der Waals surface area contributed by atoms with E-state index in [0.29, 0.717) is 0 Å². The molecule has 1 fully saturated rings. The van der Waals surface area contributed by atoms with Gasteiger partial charge in [-0.05, 0) is 77.9 Å². The summed E-state index contributed by atoms with van der Waals surface area (Å²) in [5.41, 5.74) is 0.698. The van der Waals surface area contributed by atoms with Crippen LogP contribution >= 0.6 is 45.3 Å². The molecule has 0 aliphatic carbocycles. The highest BCUT2D eigenvalue weighted by molar-refractivity contribution is 7.30. The maximum Gasteiger partial charge on any atom is 0.505 e. The Kier molecular flexibility index (Phi) is 5.36. The lowest BCUT2D eigenvalue weighted by Crippen LogP contribution is -2.41. The van der Waals surface area contributed by atoms with Gasteiger partial charge in [0.05, 0.1) is 16.1 Å². The first-order valence-electron chi connectivity index (χ1n) is 10.4. The maximum atomic E-state index is 6.27. The van der Waals surface area contributed by atoms with Crippen molar-refractivity contribution in [2.24, 2.45) is 0 Å². The molecule has 1 aliphatic rings. The van der Waals surface area contributed by atoms with Crippen LogP contribution in [-0.2, 0) is 9.31 Å². The van der Waals surface area contributed by atoms with Crippen LogP contribution in [0.5, 0.6) is 0 Å². The zero-order valence-electron chi connectivity index (χ0n) is 18.6. The smallest absolute Gasteiger partial charge is 0.399 e. The second kappa shape index (κ2) is 7.68. The Hall–Kier alpha value is -1.22. The van der Waals surface area contributed by atoms with E-state index in [0.717, 1.165) is 4.78 Å². The van der Waals surface area contributed by atoms with E-state index in [-0.39, 0.29) is 18.3 Å². The van der Waals surface area contributed by atoms with Crippen molar-refractivity contribution in [3.8, 4) is 29.9 Å². The van der Waals surface area contributed by atoms with Crippen LogP contribution in [0.15, 0.2) is 42.5 Å². The summed E-state index contributed by atoms with van der Waals surface area (Å²) in [4.78, 5) is 9.30. The molecule has 7 heteroatoms. The highest BCUT2D eigenvalue weighted by atomic mass is 32.1. The lowest BCUT2D eigenvalue weighted by Gasteiger charge is -2.32. The maximum absolute atomic E-state index is 6.27. The van der Waals surface area contributed by atoms with Crippen LogP contribution in [0.2, 0.25) is 0 Å². The van der Waals surface area contributed by atoms with Gasteiger partial charge < -0.3 is 9.31 Å². The van der Waals surface area contributed by atoms with Gasteiger partial charge in [0.1, 0.15) is 0 Å². The number of thiophene rings is 4. The van der Waals surface area contributed by atoms with Crippen molar-refractivity contribution in [1.29, 1.82) is 0 Å². The molecule has 1 aliphatic heterocycles. The first-order chi connectivity index (χ1) is 14.6. The molecule has 5 rings (SSSR count). The molecule has 1 saturated heterocycles. The molecule has 0 aromatic carbocycles. The van der Waals surface area contributed by atoms with Crippen molar-refractivity contribution in [3.05, 3.63) is 52.2 Å².